The lowest BCUT2D eigenvalue weighted by Gasteiger charge is -2.14. The Kier molecular flexibility index (Phi) is 4.07. The molecule has 0 fully saturated rings. The molecule has 0 atom stereocenters. The quantitative estimate of drug-likeness (QED) is 0.693. The smallest absolute Gasteiger partial charge is 0.123 e. The molecule has 0 bridgehead atoms. The van der Waals surface area contributed by atoms with Crippen molar-refractivity contribution in [1.29, 1.82) is 0 Å². The van der Waals surface area contributed by atoms with Crippen molar-refractivity contribution in [2.75, 3.05) is 0 Å². The highest BCUT2D eigenvalue weighted by Crippen LogP contribution is 2.09. The second-order valence-corrected chi connectivity index (χ2v) is 13.4. The van der Waals surface area contributed by atoms with Crippen LogP contribution >= 0.6 is 0 Å². The predicted octanol–water partition coefficient (Wildman–Crippen LogP) is 2.79. The maximum absolute atomic E-state index is 12.6. The van der Waals surface area contributed by atoms with Gasteiger partial charge in [0.1, 0.15) is 5.82 Å². The standard InChI is InChI=1S/C11H19FSi2/c1-14(2,3)9-13-8-10-4-6-11(12)7-5-10/h4-7H,8-9,13H2,1-3H3. The topological polar surface area (TPSA) is 0 Å². The first kappa shape index (κ1) is 11.7. The van der Waals surface area contributed by atoms with Crippen LogP contribution in [-0.4, -0.2) is 17.6 Å². The van der Waals surface area contributed by atoms with Crippen LogP contribution in [0, 0.1) is 5.82 Å². The average molecular weight is 226 g/mol. The molecule has 1 rings (SSSR count). The van der Waals surface area contributed by atoms with Crippen LogP contribution in [0.4, 0.5) is 4.39 Å². The van der Waals surface area contributed by atoms with Gasteiger partial charge < -0.3 is 0 Å². The molecule has 0 aliphatic rings. The summed E-state index contributed by atoms with van der Waals surface area (Å²) in [7, 11) is -0.798. The Labute approximate surface area is 89.4 Å². The van der Waals surface area contributed by atoms with Crippen LogP contribution < -0.4 is 0 Å². The SMILES string of the molecule is C[Si](C)(C)C[SiH2]Cc1ccc(F)cc1. The Balaban J connectivity index is 2.35. The monoisotopic (exact) mass is 226 g/mol. The fraction of sp³-hybridized carbons (Fsp3) is 0.455. The molecular weight excluding hydrogens is 207 g/mol. The molecule has 0 saturated heterocycles. The Hall–Kier alpha value is -0.416. The van der Waals surface area contributed by atoms with E-state index in [0.29, 0.717) is 0 Å². The van der Waals surface area contributed by atoms with Gasteiger partial charge in [0.2, 0.25) is 0 Å². The van der Waals surface area contributed by atoms with E-state index in [9.17, 15) is 4.39 Å². The van der Waals surface area contributed by atoms with Gasteiger partial charge >= 0.3 is 0 Å². The maximum Gasteiger partial charge on any atom is 0.123 e. The summed E-state index contributed by atoms with van der Waals surface area (Å²) in [5, 5.41) is 0. The van der Waals surface area contributed by atoms with Crippen molar-refractivity contribution in [2.45, 2.75) is 31.4 Å². The second-order valence-electron chi connectivity index (χ2n) is 5.04. The lowest BCUT2D eigenvalue weighted by molar-refractivity contribution is 0.627. The summed E-state index contributed by atoms with van der Waals surface area (Å²) < 4.78 is 12.6. The number of hydrogen-bond donors (Lipinski definition) is 0. The Bertz CT molecular complexity index is 274. The zero-order chi connectivity index (χ0) is 10.6. The molecule has 3 heteroatoms. The van der Waals surface area contributed by atoms with Crippen molar-refractivity contribution in [3.8, 4) is 0 Å². The molecule has 0 aliphatic carbocycles. The molecule has 0 nitrogen and oxygen atoms in total. The summed E-state index contributed by atoms with van der Waals surface area (Å²) >= 11 is 0. The highest BCUT2D eigenvalue weighted by Gasteiger charge is 2.11. The summed E-state index contributed by atoms with van der Waals surface area (Å²) in [5.74, 6) is -0.124. The molecule has 1 aromatic carbocycles. The fourth-order valence-corrected chi connectivity index (χ4v) is 7.17. The highest BCUT2D eigenvalue weighted by atomic mass is 28.4. The lowest BCUT2D eigenvalue weighted by Crippen LogP contribution is -2.23. The molecule has 1 aromatic rings. The third-order valence-corrected chi connectivity index (χ3v) is 10.7. The minimum absolute atomic E-state index is 0.0358. The van der Waals surface area contributed by atoms with Crippen LogP contribution in [0.25, 0.3) is 0 Å². The number of halogens is 1. The van der Waals surface area contributed by atoms with Crippen molar-refractivity contribution >= 4 is 17.6 Å². The van der Waals surface area contributed by atoms with Gasteiger partial charge in [0.25, 0.3) is 0 Å². The van der Waals surface area contributed by atoms with E-state index >= 15 is 0 Å². The zero-order valence-electron chi connectivity index (χ0n) is 9.31. The van der Waals surface area contributed by atoms with Gasteiger partial charge in [0.15, 0.2) is 0 Å². The highest BCUT2D eigenvalue weighted by molar-refractivity contribution is 6.83. The first-order valence-corrected chi connectivity index (χ1v) is 10.9. The summed E-state index contributed by atoms with van der Waals surface area (Å²) in [4.78, 5) is 0. The van der Waals surface area contributed by atoms with Gasteiger partial charge in [-0.05, 0) is 18.2 Å². The number of rotatable bonds is 4. The third kappa shape index (κ3) is 4.72. The van der Waals surface area contributed by atoms with Crippen molar-refractivity contribution in [3.05, 3.63) is 35.6 Å². The summed E-state index contributed by atoms with van der Waals surface area (Å²) in [6.45, 7) is 7.26. The zero-order valence-corrected chi connectivity index (χ0v) is 11.7. The Morgan fingerprint density at radius 2 is 1.71 bits per heavy atom. The fourth-order valence-electron chi connectivity index (χ4n) is 1.47. The van der Waals surface area contributed by atoms with E-state index in [1.807, 2.05) is 12.1 Å². The molecule has 0 radical (unpaired) electrons. The molecule has 0 unspecified atom stereocenters. The summed E-state index contributed by atoms with van der Waals surface area (Å²) in [5.41, 5.74) is 2.81. The molecular formula is C11H19FSi2. The average Bonchev–Trinajstić information content (AvgIpc) is 2.06. The van der Waals surface area contributed by atoms with Gasteiger partial charge in [0.05, 0.1) is 0 Å². The minimum Gasteiger partial charge on any atom is -0.207 e. The molecule has 14 heavy (non-hydrogen) atoms. The Morgan fingerprint density at radius 1 is 1.14 bits per heavy atom. The van der Waals surface area contributed by atoms with Gasteiger partial charge in [-0.15, -0.1) is 0 Å². The van der Waals surface area contributed by atoms with Crippen LogP contribution in [0.2, 0.25) is 25.3 Å². The van der Waals surface area contributed by atoms with Crippen molar-refractivity contribution < 1.29 is 4.39 Å². The van der Waals surface area contributed by atoms with Gasteiger partial charge in [-0.2, -0.15) is 0 Å². The third-order valence-electron chi connectivity index (χ3n) is 2.31. The van der Waals surface area contributed by atoms with E-state index in [2.05, 4.69) is 19.6 Å². The molecule has 0 aromatic heterocycles. The van der Waals surface area contributed by atoms with E-state index in [1.54, 1.807) is 12.1 Å². The molecule has 0 spiro atoms. The first-order chi connectivity index (χ1) is 6.47. The van der Waals surface area contributed by atoms with Crippen LogP contribution in [-0.2, 0) is 6.04 Å². The van der Waals surface area contributed by atoms with Crippen LogP contribution in [0.5, 0.6) is 0 Å². The molecule has 0 saturated carbocycles. The summed E-state index contributed by atoms with van der Waals surface area (Å²) in [6, 6.07) is 8.21. The van der Waals surface area contributed by atoms with Gasteiger partial charge in [-0.3, -0.25) is 0 Å². The van der Waals surface area contributed by atoms with Crippen LogP contribution in [0.15, 0.2) is 24.3 Å². The van der Waals surface area contributed by atoms with E-state index in [0.717, 1.165) is 0 Å². The summed E-state index contributed by atoms with van der Waals surface area (Å²) in [6.07, 6.45) is 0. The maximum atomic E-state index is 12.6. The second kappa shape index (κ2) is 4.89. The number of benzene rings is 1. The Morgan fingerprint density at radius 3 is 2.21 bits per heavy atom. The van der Waals surface area contributed by atoms with Crippen molar-refractivity contribution in [3.63, 3.8) is 0 Å². The van der Waals surface area contributed by atoms with Crippen molar-refractivity contribution in [2.24, 2.45) is 0 Å². The van der Waals surface area contributed by atoms with Crippen LogP contribution in [0.3, 0.4) is 0 Å². The minimum atomic E-state index is -0.834. The molecule has 0 amide bonds. The van der Waals surface area contributed by atoms with E-state index in [1.165, 1.54) is 17.3 Å². The first-order valence-electron chi connectivity index (χ1n) is 5.22. The number of hydrogen-bond acceptors (Lipinski definition) is 0. The van der Waals surface area contributed by atoms with Gasteiger partial charge in [0, 0.05) is 17.6 Å². The normalized spacial score (nSPS) is 12.6. The van der Waals surface area contributed by atoms with E-state index in [4.69, 9.17) is 0 Å². The van der Waals surface area contributed by atoms with Gasteiger partial charge in [-0.25, -0.2) is 4.39 Å². The molecule has 78 valence electrons. The lowest BCUT2D eigenvalue weighted by atomic mass is 10.2. The van der Waals surface area contributed by atoms with Gasteiger partial charge in [-0.1, -0.05) is 43.0 Å². The molecule has 0 heterocycles. The van der Waals surface area contributed by atoms with E-state index < -0.39 is 8.07 Å². The van der Waals surface area contributed by atoms with Crippen LogP contribution in [0.1, 0.15) is 5.56 Å². The predicted molar refractivity (Wildman–Crippen MR) is 66.8 cm³/mol. The van der Waals surface area contributed by atoms with E-state index in [-0.39, 0.29) is 15.3 Å². The molecule has 0 N–H and O–H groups in total. The molecule has 0 aliphatic heterocycles. The largest absolute Gasteiger partial charge is 0.207 e. The van der Waals surface area contributed by atoms with Crippen molar-refractivity contribution in [1.82, 2.24) is 0 Å².